The topological polar surface area (TPSA) is 51.2 Å². The van der Waals surface area contributed by atoms with E-state index in [0.29, 0.717) is 15.9 Å². The van der Waals surface area contributed by atoms with Crippen LogP contribution in [-0.2, 0) is 4.79 Å². The van der Waals surface area contributed by atoms with E-state index in [1.807, 2.05) is 25.1 Å². The van der Waals surface area contributed by atoms with E-state index in [2.05, 4.69) is 10.3 Å². The maximum atomic E-state index is 11.9. The first-order chi connectivity index (χ1) is 10.6. The van der Waals surface area contributed by atoms with Crippen LogP contribution >= 0.6 is 22.9 Å². The molecule has 4 nitrogen and oxygen atoms in total. The summed E-state index contributed by atoms with van der Waals surface area (Å²) < 4.78 is 6.44. The zero-order valence-electron chi connectivity index (χ0n) is 11.8. The third-order valence-electron chi connectivity index (χ3n) is 2.97. The Labute approximate surface area is 136 Å². The summed E-state index contributed by atoms with van der Waals surface area (Å²) >= 11 is 7.24. The van der Waals surface area contributed by atoms with Crippen LogP contribution in [0.4, 0.5) is 5.13 Å². The van der Waals surface area contributed by atoms with Crippen molar-refractivity contribution >= 4 is 44.2 Å². The first kappa shape index (κ1) is 14.8. The lowest BCUT2D eigenvalue weighted by Crippen LogP contribution is -2.19. The fourth-order valence-corrected chi connectivity index (χ4v) is 3.03. The van der Waals surface area contributed by atoms with Gasteiger partial charge in [0.1, 0.15) is 5.75 Å². The van der Waals surface area contributed by atoms with Crippen LogP contribution in [0.15, 0.2) is 42.5 Å². The van der Waals surface area contributed by atoms with Crippen molar-refractivity contribution in [2.45, 2.75) is 6.92 Å². The molecule has 22 heavy (non-hydrogen) atoms. The molecule has 1 aromatic heterocycles. The maximum absolute atomic E-state index is 11.9. The van der Waals surface area contributed by atoms with Crippen molar-refractivity contribution in [1.29, 1.82) is 0 Å². The second kappa shape index (κ2) is 6.34. The second-order valence-corrected chi connectivity index (χ2v) is 6.25. The van der Waals surface area contributed by atoms with E-state index in [4.69, 9.17) is 16.3 Å². The molecule has 1 amide bonds. The normalized spacial score (nSPS) is 10.6. The number of carbonyl (C=O) groups is 1. The molecule has 1 heterocycles. The molecule has 0 radical (unpaired) electrons. The third kappa shape index (κ3) is 3.55. The zero-order valence-corrected chi connectivity index (χ0v) is 13.4. The van der Waals surface area contributed by atoms with E-state index in [1.165, 1.54) is 16.9 Å². The number of aromatic nitrogens is 1. The monoisotopic (exact) mass is 332 g/mol. The molecule has 2 aromatic carbocycles. The molecular formula is C16H13ClN2O2S. The quantitative estimate of drug-likeness (QED) is 0.776. The van der Waals surface area contributed by atoms with Crippen molar-refractivity contribution in [2.75, 3.05) is 11.9 Å². The molecule has 0 unspecified atom stereocenters. The highest BCUT2D eigenvalue weighted by atomic mass is 35.5. The summed E-state index contributed by atoms with van der Waals surface area (Å²) in [5.41, 5.74) is 2.05. The molecule has 0 aliphatic carbocycles. The predicted molar refractivity (Wildman–Crippen MR) is 89.9 cm³/mol. The van der Waals surface area contributed by atoms with E-state index in [9.17, 15) is 4.79 Å². The number of anilines is 1. The molecule has 0 bridgehead atoms. The van der Waals surface area contributed by atoms with Crippen molar-refractivity contribution in [3.05, 3.63) is 53.1 Å². The summed E-state index contributed by atoms with van der Waals surface area (Å²) in [6, 6.07) is 12.9. The first-order valence-electron chi connectivity index (χ1n) is 6.65. The van der Waals surface area contributed by atoms with Gasteiger partial charge >= 0.3 is 0 Å². The van der Waals surface area contributed by atoms with E-state index >= 15 is 0 Å². The SMILES string of the molecule is Cc1ccc2nc(NC(=O)COc3ccc(Cl)cc3)sc2c1. The summed E-state index contributed by atoms with van der Waals surface area (Å²) in [5.74, 6) is 0.352. The van der Waals surface area contributed by atoms with Crippen LogP contribution in [0.1, 0.15) is 5.56 Å². The van der Waals surface area contributed by atoms with Crippen LogP contribution in [0.3, 0.4) is 0 Å². The predicted octanol–water partition coefficient (Wildman–Crippen LogP) is 4.28. The molecule has 0 aliphatic heterocycles. The van der Waals surface area contributed by atoms with Crippen LogP contribution in [0, 0.1) is 6.92 Å². The molecule has 0 spiro atoms. The molecule has 0 saturated heterocycles. The summed E-state index contributed by atoms with van der Waals surface area (Å²) in [4.78, 5) is 16.3. The molecule has 3 aromatic rings. The van der Waals surface area contributed by atoms with Crippen molar-refractivity contribution in [3.63, 3.8) is 0 Å². The van der Waals surface area contributed by atoms with Gasteiger partial charge in [0.15, 0.2) is 11.7 Å². The average molecular weight is 333 g/mol. The summed E-state index contributed by atoms with van der Waals surface area (Å²) in [6.45, 7) is 1.95. The summed E-state index contributed by atoms with van der Waals surface area (Å²) in [6.07, 6.45) is 0. The highest BCUT2D eigenvalue weighted by molar-refractivity contribution is 7.22. The minimum Gasteiger partial charge on any atom is -0.484 e. The van der Waals surface area contributed by atoms with Crippen LogP contribution in [0.5, 0.6) is 5.75 Å². The van der Waals surface area contributed by atoms with Gasteiger partial charge in [-0.05, 0) is 48.9 Å². The highest BCUT2D eigenvalue weighted by Gasteiger charge is 2.08. The highest BCUT2D eigenvalue weighted by Crippen LogP contribution is 2.26. The number of hydrogen-bond acceptors (Lipinski definition) is 4. The number of halogens is 1. The Kier molecular flexibility index (Phi) is 4.27. The lowest BCUT2D eigenvalue weighted by molar-refractivity contribution is -0.118. The Bertz CT molecular complexity index is 815. The number of benzene rings is 2. The van der Waals surface area contributed by atoms with Crippen molar-refractivity contribution in [2.24, 2.45) is 0 Å². The Morgan fingerprint density at radius 1 is 1.27 bits per heavy atom. The van der Waals surface area contributed by atoms with Gasteiger partial charge in [0.25, 0.3) is 5.91 Å². The van der Waals surface area contributed by atoms with Gasteiger partial charge in [-0.3, -0.25) is 10.1 Å². The van der Waals surface area contributed by atoms with Crippen molar-refractivity contribution in [1.82, 2.24) is 4.98 Å². The molecule has 0 fully saturated rings. The van der Waals surface area contributed by atoms with Crippen LogP contribution in [-0.4, -0.2) is 17.5 Å². The van der Waals surface area contributed by atoms with E-state index in [1.54, 1.807) is 24.3 Å². The number of rotatable bonds is 4. The molecule has 0 saturated carbocycles. The number of amides is 1. The van der Waals surface area contributed by atoms with E-state index in [-0.39, 0.29) is 12.5 Å². The molecular weight excluding hydrogens is 320 g/mol. The third-order valence-corrected chi connectivity index (χ3v) is 4.16. The van der Waals surface area contributed by atoms with Gasteiger partial charge in [0.2, 0.25) is 0 Å². The standard InChI is InChI=1S/C16H13ClN2O2S/c1-10-2-7-13-14(8-10)22-16(18-13)19-15(20)9-21-12-5-3-11(17)4-6-12/h2-8H,9H2,1H3,(H,18,19,20). The number of hydrogen-bond donors (Lipinski definition) is 1. The number of nitrogens with zero attached hydrogens (tertiary/aromatic N) is 1. The molecule has 1 N–H and O–H groups in total. The Morgan fingerprint density at radius 3 is 2.82 bits per heavy atom. The summed E-state index contributed by atoms with van der Waals surface area (Å²) in [5, 5.41) is 3.95. The van der Waals surface area contributed by atoms with Gasteiger partial charge in [-0.2, -0.15) is 0 Å². The molecule has 112 valence electrons. The number of ether oxygens (including phenoxy) is 1. The van der Waals surface area contributed by atoms with Gasteiger partial charge in [-0.15, -0.1) is 0 Å². The molecule has 3 rings (SSSR count). The van der Waals surface area contributed by atoms with Gasteiger partial charge in [0, 0.05) is 5.02 Å². The van der Waals surface area contributed by atoms with Crippen molar-refractivity contribution in [3.8, 4) is 5.75 Å². The number of aryl methyl sites for hydroxylation is 1. The minimum atomic E-state index is -0.245. The Morgan fingerprint density at radius 2 is 2.05 bits per heavy atom. The lowest BCUT2D eigenvalue weighted by atomic mass is 10.2. The number of carbonyl (C=O) groups excluding carboxylic acids is 1. The number of nitrogens with one attached hydrogen (secondary N) is 1. The van der Waals surface area contributed by atoms with Gasteiger partial charge < -0.3 is 4.74 Å². The smallest absolute Gasteiger partial charge is 0.264 e. The molecule has 0 aliphatic rings. The lowest BCUT2D eigenvalue weighted by Gasteiger charge is -2.05. The first-order valence-corrected chi connectivity index (χ1v) is 7.85. The van der Waals surface area contributed by atoms with Crippen LogP contribution in [0.25, 0.3) is 10.2 Å². The van der Waals surface area contributed by atoms with E-state index < -0.39 is 0 Å². The van der Waals surface area contributed by atoms with Gasteiger partial charge in [-0.1, -0.05) is 29.0 Å². The summed E-state index contributed by atoms with van der Waals surface area (Å²) in [7, 11) is 0. The Hall–Kier alpha value is -2.11. The van der Waals surface area contributed by atoms with Crippen LogP contribution < -0.4 is 10.1 Å². The second-order valence-electron chi connectivity index (χ2n) is 4.78. The van der Waals surface area contributed by atoms with Gasteiger partial charge in [0.05, 0.1) is 10.2 Å². The number of thiazole rings is 1. The maximum Gasteiger partial charge on any atom is 0.264 e. The largest absolute Gasteiger partial charge is 0.484 e. The van der Waals surface area contributed by atoms with Gasteiger partial charge in [-0.25, -0.2) is 4.98 Å². The fraction of sp³-hybridized carbons (Fsp3) is 0.125. The average Bonchev–Trinajstić information content (AvgIpc) is 2.88. The zero-order chi connectivity index (χ0) is 15.5. The Balaban J connectivity index is 1.61. The molecule has 6 heteroatoms. The van der Waals surface area contributed by atoms with Crippen LogP contribution in [0.2, 0.25) is 5.02 Å². The molecule has 0 atom stereocenters. The number of fused-ring (bicyclic) bond motifs is 1. The fourth-order valence-electron chi connectivity index (χ4n) is 1.92. The van der Waals surface area contributed by atoms with Crippen molar-refractivity contribution < 1.29 is 9.53 Å². The minimum absolute atomic E-state index is 0.0728. The van der Waals surface area contributed by atoms with E-state index in [0.717, 1.165) is 10.2 Å².